The summed E-state index contributed by atoms with van der Waals surface area (Å²) in [6.45, 7) is 13.2. The molecule has 55 heavy (non-hydrogen) atoms. The minimum atomic E-state index is -0.806. The maximum Gasteiger partial charge on any atom is 0.408 e. The monoisotopic (exact) mass is 857 g/mol. The Hall–Kier alpha value is -2.85. The Morgan fingerprint density at radius 1 is 0.618 bits per heavy atom. The zero-order valence-corrected chi connectivity index (χ0v) is 36.2. The van der Waals surface area contributed by atoms with Crippen LogP contribution >= 0.6 is 43.2 Å². The second kappa shape index (κ2) is 31.3. The quantitative estimate of drug-likeness (QED) is 0.0343. The number of hydrogen-bond donors (Lipinski definition) is 5. The van der Waals surface area contributed by atoms with Gasteiger partial charge in [-0.25, -0.2) is 4.79 Å². The van der Waals surface area contributed by atoms with Crippen molar-refractivity contribution in [2.45, 2.75) is 105 Å². The van der Waals surface area contributed by atoms with Crippen LogP contribution < -0.4 is 27.4 Å². The summed E-state index contributed by atoms with van der Waals surface area (Å²) in [6.07, 6.45) is -0.201. The topological polar surface area (TPSA) is 269 Å². The van der Waals surface area contributed by atoms with E-state index in [4.69, 9.17) is 20.9 Å². The number of Topliss-reactive ketones (excluding diaryl/α,β-unsaturated/α-hetero) is 4. The molecule has 0 saturated heterocycles. The van der Waals surface area contributed by atoms with Gasteiger partial charge in [0, 0.05) is 54.6 Å². The van der Waals surface area contributed by atoms with Crippen molar-refractivity contribution in [3.63, 3.8) is 0 Å². The maximum atomic E-state index is 12.4. The molecular formula is C34H59N5O12S4. The van der Waals surface area contributed by atoms with Crippen LogP contribution in [0.4, 0.5) is 4.79 Å². The molecule has 0 aliphatic carbocycles. The van der Waals surface area contributed by atoms with E-state index in [2.05, 4.69) is 20.7 Å². The van der Waals surface area contributed by atoms with Crippen LogP contribution in [0.1, 0.15) is 81.1 Å². The Balaban J connectivity index is 0. The molecule has 0 aromatic heterocycles. The number of esters is 2. The lowest BCUT2D eigenvalue weighted by molar-refractivity contribution is -0.144. The normalized spacial score (nSPS) is 13.0. The van der Waals surface area contributed by atoms with E-state index < -0.39 is 47.7 Å². The highest BCUT2D eigenvalue weighted by Gasteiger charge is 2.25. The molecule has 3 amide bonds. The first-order valence-corrected chi connectivity index (χ1v) is 22.5. The molecule has 0 heterocycles. The van der Waals surface area contributed by atoms with Crippen molar-refractivity contribution in [3.05, 3.63) is 0 Å². The van der Waals surface area contributed by atoms with Crippen LogP contribution in [0.2, 0.25) is 0 Å². The molecule has 0 saturated carbocycles. The van der Waals surface area contributed by atoms with E-state index in [1.54, 1.807) is 41.5 Å². The molecule has 0 aromatic rings. The minimum absolute atomic E-state index is 0.0354. The molecule has 4 atom stereocenters. The summed E-state index contributed by atoms with van der Waals surface area (Å²) in [5.74, 6) is -1.27. The van der Waals surface area contributed by atoms with Gasteiger partial charge in [0.1, 0.15) is 36.3 Å². The van der Waals surface area contributed by atoms with E-state index in [9.17, 15) is 43.2 Å². The Kier molecular flexibility index (Phi) is 30.8. The number of carbonyl (C=O) groups is 9. The highest BCUT2D eigenvalue weighted by Crippen LogP contribution is 2.26. The lowest BCUT2D eigenvalue weighted by Crippen LogP contribution is -2.45. The summed E-state index contributed by atoms with van der Waals surface area (Å²) in [7, 11) is 5.36. The Labute approximate surface area is 339 Å². The molecule has 17 nitrogen and oxygen atoms in total. The fraction of sp³-hybridized carbons (Fsp3) is 0.735. The molecule has 21 heteroatoms. The SMILES string of the molecule is CCOC(=O)CNC(=O)[C@@H](C)CSSC[C@H](NC(=O)OC(C)(C)C)C(=O)CCC(C)=O.CCOC(=O)CNC(=O)[C@@H](N)CSSC[C@H](N)C(=O)CCC(C)=O. The highest BCUT2D eigenvalue weighted by molar-refractivity contribution is 8.77. The fourth-order valence-electron chi connectivity index (χ4n) is 3.42. The van der Waals surface area contributed by atoms with Gasteiger partial charge >= 0.3 is 18.0 Å². The van der Waals surface area contributed by atoms with Gasteiger partial charge in [0.05, 0.1) is 25.3 Å². The van der Waals surface area contributed by atoms with E-state index in [0.29, 0.717) is 17.3 Å². The van der Waals surface area contributed by atoms with Crippen LogP contribution in [0.25, 0.3) is 0 Å². The van der Waals surface area contributed by atoms with Gasteiger partial charge in [-0.15, -0.1) is 0 Å². The average molecular weight is 858 g/mol. The van der Waals surface area contributed by atoms with Gasteiger partial charge in [0.2, 0.25) is 11.8 Å². The fourth-order valence-corrected chi connectivity index (χ4v) is 8.26. The van der Waals surface area contributed by atoms with Crippen molar-refractivity contribution in [2.75, 3.05) is 49.3 Å². The number of rotatable bonds is 27. The van der Waals surface area contributed by atoms with Crippen LogP contribution in [-0.2, 0) is 52.6 Å². The van der Waals surface area contributed by atoms with Gasteiger partial charge in [-0.05, 0) is 48.5 Å². The van der Waals surface area contributed by atoms with Crippen molar-refractivity contribution in [2.24, 2.45) is 17.4 Å². The predicted molar refractivity (Wildman–Crippen MR) is 217 cm³/mol. The highest BCUT2D eigenvalue weighted by atomic mass is 33.1. The summed E-state index contributed by atoms with van der Waals surface area (Å²) in [4.78, 5) is 104. The lowest BCUT2D eigenvalue weighted by Gasteiger charge is -2.23. The van der Waals surface area contributed by atoms with Crippen molar-refractivity contribution in [1.29, 1.82) is 0 Å². The summed E-state index contributed by atoms with van der Waals surface area (Å²) in [6, 6.07) is -2.23. The number of amides is 3. The van der Waals surface area contributed by atoms with Crippen LogP contribution in [0.5, 0.6) is 0 Å². The van der Waals surface area contributed by atoms with E-state index in [-0.39, 0.29) is 92.7 Å². The Bertz CT molecular complexity index is 1270. The van der Waals surface area contributed by atoms with Crippen LogP contribution in [0.15, 0.2) is 0 Å². The van der Waals surface area contributed by atoms with Crippen molar-refractivity contribution < 1.29 is 57.4 Å². The zero-order valence-electron chi connectivity index (χ0n) is 33.0. The molecule has 0 fully saturated rings. The first kappa shape index (κ1) is 54.3. The first-order valence-electron chi connectivity index (χ1n) is 17.5. The van der Waals surface area contributed by atoms with Gasteiger partial charge in [-0.3, -0.25) is 28.8 Å². The van der Waals surface area contributed by atoms with Crippen LogP contribution in [-0.4, -0.2) is 126 Å². The van der Waals surface area contributed by atoms with Crippen molar-refractivity contribution in [3.8, 4) is 0 Å². The molecule has 0 aromatic carbocycles. The summed E-state index contributed by atoms with van der Waals surface area (Å²) in [5.41, 5.74) is 10.7. The number of alkyl carbamates (subject to hydrolysis) is 1. The third-order valence-electron chi connectivity index (χ3n) is 6.36. The lowest BCUT2D eigenvalue weighted by atomic mass is 10.1. The maximum absolute atomic E-state index is 12.4. The summed E-state index contributed by atoms with van der Waals surface area (Å²) >= 11 is 0. The third-order valence-corrected chi connectivity index (χ3v) is 11.4. The molecule has 0 spiro atoms. The van der Waals surface area contributed by atoms with Crippen LogP contribution in [0.3, 0.4) is 0 Å². The molecule has 7 N–H and O–H groups in total. The van der Waals surface area contributed by atoms with Gasteiger partial charge in [-0.1, -0.05) is 50.1 Å². The molecule has 316 valence electrons. The number of nitrogens with one attached hydrogen (secondary N) is 3. The number of hydrogen-bond acceptors (Lipinski definition) is 18. The van der Waals surface area contributed by atoms with Crippen molar-refractivity contribution in [1.82, 2.24) is 16.0 Å². The van der Waals surface area contributed by atoms with E-state index in [0.717, 1.165) is 0 Å². The minimum Gasteiger partial charge on any atom is -0.465 e. The van der Waals surface area contributed by atoms with E-state index in [1.807, 2.05) is 0 Å². The third kappa shape index (κ3) is 32.0. The van der Waals surface area contributed by atoms with E-state index >= 15 is 0 Å². The average Bonchev–Trinajstić information content (AvgIpc) is 3.09. The smallest absolute Gasteiger partial charge is 0.408 e. The van der Waals surface area contributed by atoms with Gasteiger partial charge in [0.25, 0.3) is 0 Å². The van der Waals surface area contributed by atoms with Gasteiger partial charge in [0.15, 0.2) is 11.6 Å². The second-order valence-corrected chi connectivity index (χ2v) is 17.9. The number of ether oxygens (including phenoxy) is 3. The number of carbonyl (C=O) groups excluding carboxylic acids is 9. The standard InChI is InChI=1S/C20H34N2O7S2.C14H25N3O5S2/c1-7-28-17(25)10-21-18(26)13(2)11-30-31-12-15(16(24)9-8-14(3)23)22-19(27)29-20(4,5)6;1-3-22-13(20)6-17-14(21)11(16)8-24-23-7-10(15)12(19)5-4-9(2)18/h13,15H,7-12H2,1-6H3,(H,21,26)(H,22,27);10-11H,3-8,15-16H2,1-2H3,(H,17,21)/t13-,15-;10-,11-/m00/s1. The molecule has 0 bridgehead atoms. The first-order chi connectivity index (χ1) is 25.6. The Morgan fingerprint density at radius 2 is 1.05 bits per heavy atom. The largest absolute Gasteiger partial charge is 0.465 e. The number of nitrogens with two attached hydrogens (primary N) is 2. The van der Waals surface area contributed by atoms with E-state index in [1.165, 1.54) is 57.0 Å². The molecule has 0 aliphatic heterocycles. The van der Waals surface area contributed by atoms with Gasteiger partial charge in [-0.2, -0.15) is 0 Å². The summed E-state index contributed by atoms with van der Waals surface area (Å²) < 4.78 is 14.6. The molecule has 0 unspecified atom stereocenters. The zero-order chi connectivity index (χ0) is 42.6. The van der Waals surface area contributed by atoms with Crippen LogP contribution in [0, 0.1) is 5.92 Å². The predicted octanol–water partition coefficient (Wildman–Crippen LogP) is 2.15. The molecule has 0 aliphatic rings. The number of ketones is 4. The Morgan fingerprint density at radius 3 is 1.53 bits per heavy atom. The molecular weight excluding hydrogens is 799 g/mol. The van der Waals surface area contributed by atoms with Gasteiger partial charge < -0.3 is 51.2 Å². The second-order valence-electron chi connectivity index (χ2n) is 12.8. The van der Waals surface area contributed by atoms with Crippen molar-refractivity contribution >= 4 is 96.2 Å². The summed E-state index contributed by atoms with van der Waals surface area (Å²) in [5, 5.41) is 7.47. The molecule has 0 radical (unpaired) electrons. The molecule has 0 rings (SSSR count).